The number of carboxylic acids is 1. The minimum Gasteiger partial charge on any atom is -0.491 e. The van der Waals surface area contributed by atoms with E-state index in [1.54, 1.807) is 41.4 Å². The van der Waals surface area contributed by atoms with Crippen molar-refractivity contribution in [3.8, 4) is 5.75 Å². The first-order chi connectivity index (χ1) is 11.1. The summed E-state index contributed by atoms with van der Waals surface area (Å²) >= 11 is 0. The molecule has 2 aromatic rings. The highest BCUT2D eigenvalue weighted by molar-refractivity contribution is 5.95. The number of benzene rings is 1. The lowest BCUT2D eigenvalue weighted by molar-refractivity contribution is -0.142. The standard InChI is InChI=1S/C16H17N3O4/c1-2-18-9-12(17-10-18)15(20)19-7-8-23-13-6-4-3-5-11(13)14(19)16(21)22/h3-6,9-10,14H,2,7-8H2,1H3,(H,21,22). The van der Waals surface area contributed by atoms with Gasteiger partial charge < -0.3 is 19.3 Å². The van der Waals surface area contributed by atoms with Crippen LogP contribution in [-0.4, -0.2) is 44.6 Å². The molecule has 23 heavy (non-hydrogen) atoms. The second-order valence-corrected chi connectivity index (χ2v) is 5.21. The number of aliphatic carboxylic acids is 1. The fourth-order valence-corrected chi connectivity index (χ4v) is 2.66. The Morgan fingerprint density at radius 2 is 2.17 bits per heavy atom. The molecule has 120 valence electrons. The van der Waals surface area contributed by atoms with Crippen molar-refractivity contribution >= 4 is 11.9 Å². The summed E-state index contributed by atoms with van der Waals surface area (Å²) in [4.78, 5) is 29.9. The van der Waals surface area contributed by atoms with E-state index >= 15 is 0 Å². The first kappa shape index (κ1) is 15.1. The Kier molecular flexibility index (Phi) is 4.01. The molecule has 0 fully saturated rings. The Morgan fingerprint density at radius 3 is 2.87 bits per heavy atom. The summed E-state index contributed by atoms with van der Waals surface area (Å²) in [6.45, 7) is 3.05. The average molecular weight is 315 g/mol. The van der Waals surface area contributed by atoms with Gasteiger partial charge in [-0.2, -0.15) is 0 Å². The van der Waals surface area contributed by atoms with Crippen LogP contribution in [0.1, 0.15) is 29.0 Å². The highest BCUT2D eigenvalue weighted by Crippen LogP contribution is 2.32. The summed E-state index contributed by atoms with van der Waals surface area (Å²) < 4.78 is 7.36. The number of nitrogens with zero attached hydrogens (tertiary/aromatic N) is 3. The second-order valence-electron chi connectivity index (χ2n) is 5.21. The highest BCUT2D eigenvalue weighted by Gasteiger charge is 2.36. The molecule has 0 bridgehead atoms. The third kappa shape index (κ3) is 2.77. The van der Waals surface area contributed by atoms with E-state index < -0.39 is 17.9 Å². The van der Waals surface area contributed by atoms with Gasteiger partial charge in [-0.3, -0.25) is 4.79 Å². The molecular weight excluding hydrogens is 298 g/mol. The van der Waals surface area contributed by atoms with Crippen molar-refractivity contribution in [2.24, 2.45) is 0 Å². The Balaban J connectivity index is 2.00. The molecule has 1 amide bonds. The SMILES string of the molecule is CCn1cnc(C(=O)N2CCOc3ccccc3C2C(=O)O)c1. The lowest BCUT2D eigenvalue weighted by Crippen LogP contribution is -2.40. The van der Waals surface area contributed by atoms with Crippen LogP contribution in [0.2, 0.25) is 0 Å². The lowest BCUT2D eigenvalue weighted by Gasteiger charge is -2.26. The lowest BCUT2D eigenvalue weighted by atomic mass is 10.0. The zero-order chi connectivity index (χ0) is 16.4. The predicted octanol–water partition coefficient (Wildman–Crippen LogP) is 1.56. The Bertz CT molecular complexity index is 740. The Morgan fingerprint density at radius 1 is 1.39 bits per heavy atom. The zero-order valence-electron chi connectivity index (χ0n) is 12.7. The monoisotopic (exact) mass is 315 g/mol. The van der Waals surface area contributed by atoms with Crippen molar-refractivity contribution < 1.29 is 19.4 Å². The molecule has 2 heterocycles. The van der Waals surface area contributed by atoms with Crippen molar-refractivity contribution in [2.75, 3.05) is 13.2 Å². The third-order valence-electron chi connectivity index (χ3n) is 3.83. The maximum atomic E-state index is 12.7. The number of carbonyl (C=O) groups excluding carboxylic acids is 1. The molecule has 0 saturated carbocycles. The normalized spacial score (nSPS) is 17.1. The van der Waals surface area contributed by atoms with Crippen LogP contribution in [-0.2, 0) is 11.3 Å². The zero-order valence-corrected chi connectivity index (χ0v) is 12.7. The van der Waals surface area contributed by atoms with E-state index in [4.69, 9.17) is 4.74 Å². The van der Waals surface area contributed by atoms with Crippen molar-refractivity contribution in [3.05, 3.63) is 48.0 Å². The first-order valence-corrected chi connectivity index (χ1v) is 7.39. The van der Waals surface area contributed by atoms with E-state index in [-0.39, 0.29) is 18.8 Å². The average Bonchev–Trinajstić information content (AvgIpc) is 2.94. The van der Waals surface area contributed by atoms with Gasteiger partial charge >= 0.3 is 5.97 Å². The number of carbonyl (C=O) groups is 2. The van der Waals surface area contributed by atoms with E-state index in [0.29, 0.717) is 17.9 Å². The van der Waals surface area contributed by atoms with Crippen molar-refractivity contribution in [1.82, 2.24) is 14.5 Å². The van der Waals surface area contributed by atoms with E-state index in [1.807, 2.05) is 6.92 Å². The molecule has 3 rings (SSSR count). The van der Waals surface area contributed by atoms with Gasteiger partial charge in [0.05, 0.1) is 12.9 Å². The fraction of sp³-hybridized carbons (Fsp3) is 0.312. The van der Waals surface area contributed by atoms with Crippen molar-refractivity contribution in [1.29, 1.82) is 0 Å². The summed E-state index contributed by atoms with van der Waals surface area (Å²) in [6.07, 6.45) is 3.18. The summed E-state index contributed by atoms with van der Waals surface area (Å²) in [6, 6.07) is 5.80. The molecule has 1 aliphatic heterocycles. The van der Waals surface area contributed by atoms with Gasteiger partial charge in [0.15, 0.2) is 6.04 Å². The van der Waals surface area contributed by atoms with E-state index in [0.717, 1.165) is 0 Å². The van der Waals surface area contributed by atoms with Gasteiger partial charge in [-0.1, -0.05) is 18.2 Å². The van der Waals surface area contributed by atoms with Gasteiger partial charge in [0.2, 0.25) is 0 Å². The smallest absolute Gasteiger partial charge is 0.331 e. The van der Waals surface area contributed by atoms with Crippen molar-refractivity contribution in [3.63, 3.8) is 0 Å². The second kappa shape index (κ2) is 6.12. The molecule has 0 aliphatic carbocycles. The molecule has 1 aromatic heterocycles. The van der Waals surface area contributed by atoms with Crippen LogP contribution in [0.25, 0.3) is 0 Å². The van der Waals surface area contributed by atoms with Crippen LogP contribution < -0.4 is 4.74 Å². The van der Waals surface area contributed by atoms with E-state index in [9.17, 15) is 14.7 Å². The van der Waals surface area contributed by atoms with Crippen LogP contribution in [0.4, 0.5) is 0 Å². The number of aryl methyl sites for hydroxylation is 1. The quantitative estimate of drug-likeness (QED) is 0.929. The van der Waals surface area contributed by atoms with Gasteiger partial charge in [0.1, 0.15) is 18.1 Å². The van der Waals surface area contributed by atoms with Crippen LogP contribution in [0, 0.1) is 0 Å². The maximum absolute atomic E-state index is 12.7. The van der Waals surface area contributed by atoms with Gasteiger partial charge in [0.25, 0.3) is 5.91 Å². The highest BCUT2D eigenvalue weighted by atomic mass is 16.5. The Hall–Kier alpha value is -2.83. The van der Waals surface area contributed by atoms with Gasteiger partial charge in [-0.05, 0) is 13.0 Å². The van der Waals surface area contributed by atoms with Crippen LogP contribution in [0.3, 0.4) is 0 Å². The van der Waals surface area contributed by atoms with Gasteiger partial charge in [-0.25, -0.2) is 9.78 Å². The van der Waals surface area contributed by atoms with Crippen LogP contribution in [0.15, 0.2) is 36.8 Å². The summed E-state index contributed by atoms with van der Waals surface area (Å²) in [5.41, 5.74) is 0.707. The molecule has 1 aliphatic rings. The molecule has 1 atom stereocenters. The molecule has 0 spiro atoms. The number of ether oxygens (including phenoxy) is 1. The fourth-order valence-electron chi connectivity index (χ4n) is 2.66. The topological polar surface area (TPSA) is 84.7 Å². The largest absolute Gasteiger partial charge is 0.491 e. The maximum Gasteiger partial charge on any atom is 0.331 e. The number of aromatic nitrogens is 2. The first-order valence-electron chi connectivity index (χ1n) is 7.39. The third-order valence-corrected chi connectivity index (χ3v) is 3.83. The van der Waals surface area contributed by atoms with Crippen LogP contribution >= 0.6 is 0 Å². The molecular formula is C16H17N3O4. The number of hydrogen-bond donors (Lipinski definition) is 1. The number of carboxylic acid groups (broad SMARTS) is 1. The number of fused-ring (bicyclic) bond motifs is 1. The van der Waals surface area contributed by atoms with E-state index in [2.05, 4.69) is 4.98 Å². The summed E-state index contributed by atoms with van der Waals surface area (Å²) in [7, 11) is 0. The molecule has 0 saturated heterocycles. The van der Waals surface area contributed by atoms with Crippen molar-refractivity contribution in [2.45, 2.75) is 19.5 Å². The molecule has 1 N–H and O–H groups in total. The number of imidazole rings is 1. The minimum atomic E-state index is -1.09. The minimum absolute atomic E-state index is 0.184. The number of amides is 1. The summed E-state index contributed by atoms with van der Waals surface area (Å²) in [5, 5.41) is 9.65. The summed E-state index contributed by atoms with van der Waals surface area (Å²) in [5.74, 6) is -1.01. The van der Waals surface area contributed by atoms with Gasteiger partial charge in [-0.15, -0.1) is 0 Å². The number of para-hydroxylation sites is 1. The molecule has 7 heteroatoms. The molecule has 1 aromatic carbocycles. The molecule has 7 nitrogen and oxygen atoms in total. The number of rotatable bonds is 3. The van der Waals surface area contributed by atoms with E-state index in [1.165, 1.54) is 4.90 Å². The number of hydrogen-bond acceptors (Lipinski definition) is 4. The Labute approximate surface area is 133 Å². The van der Waals surface area contributed by atoms with Crippen LogP contribution in [0.5, 0.6) is 5.75 Å². The van der Waals surface area contributed by atoms with Gasteiger partial charge in [0, 0.05) is 18.3 Å². The predicted molar refractivity (Wildman–Crippen MR) is 81.3 cm³/mol. The molecule has 0 radical (unpaired) electrons. The molecule has 1 unspecified atom stereocenters.